The highest BCUT2D eigenvalue weighted by molar-refractivity contribution is 6.00. The third-order valence-corrected chi connectivity index (χ3v) is 2.62. The van der Waals surface area contributed by atoms with Crippen molar-refractivity contribution in [3.8, 4) is 5.75 Å². The Morgan fingerprint density at radius 1 is 0.762 bits per heavy atom. The van der Waals surface area contributed by atoms with E-state index in [0.717, 1.165) is 18.2 Å². The molecule has 0 heterocycles. The lowest BCUT2D eigenvalue weighted by Gasteiger charge is -2.06. The number of ether oxygens (including phenoxy) is 1. The molecule has 0 spiro atoms. The first-order valence-corrected chi connectivity index (χ1v) is 5.86. The molecule has 0 aliphatic heterocycles. The van der Waals surface area contributed by atoms with Crippen LogP contribution in [0.5, 0.6) is 5.75 Å². The van der Waals surface area contributed by atoms with Crippen LogP contribution in [0, 0.1) is 0 Å². The van der Waals surface area contributed by atoms with Gasteiger partial charge in [0.05, 0.1) is 16.7 Å². The van der Waals surface area contributed by atoms with Crippen molar-refractivity contribution >= 4 is 17.9 Å². The average Bonchev–Trinajstić information content (AvgIpc) is 2.47. The van der Waals surface area contributed by atoms with Crippen LogP contribution in [-0.2, 0) is 0 Å². The molecule has 0 fully saturated rings. The van der Waals surface area contributed by atoms with Crippen molar-refractivity contribution in [2.75, 3.05) is 0 Å². The highest BCUT2D eigenvalue weighted by atomic mass is 16.5. The number of carboxylic acids is 2. The first kappa shape index (κ1) is 14.3. The van der Waals surface area contributed by atoms with Crippen LogP contribution in [0.2, 0.25) is 0 Å². The highest BCUT2D eigenvalue weighted by Crippen LogP contribution is 2.15. The second-order valence-electron chi connectivity index (χ2n) is 4.11. The van der Waals surface area contributed by atoms with E-state index >= 15 is 0 Å². The lowest BCUT2D eigenvalue weighted by atomic mass is 10.1. The summed E-state index contributed by atoms with van der Waals surface area (Å²) < 4.78 is 5.05. The van der Waals surface area contributed by atoms with Crippen molar-refractivity contribution < 1.29 is 29.3 Å². The molecule has 106 valence electrons. The van der Waals surface area contributed by atoms with Gasteiger partial charge in [-0.3, -0.25) is 0 Å². The summed E-state index contributed by atoms with van der Waals surface area (Å²) >= 11 is 0. The molecule has 0 radical (unpaired) electrons. The largest absolute Gasteiger partial charge is 0.478 e. The minimum atomic E-state index is -1.33. The molecule has 0 aliphatic rings. The number of benzene rings is 2. The molecule has 6 heteroatoms. The third kappa shape index (κ3) is 3.44. The fourth-order valence-corrected chi connectivity index (χ4v) is 1.65. The monoisotopic (exact) mass is 286 g/mol. The molecule has 2 rings (SSSR count). The summed E-state index contributed by atoms with van der Waals surface area (Å²) in [6.45, 7) is 0. The van der Waals surface area contributed by atoms with Gasteiger partial charge in [-0.25, -0.2) is 14.4 Å². The van der Waals surface area contributed by atoms with Crippen molar-refractivity contribution in [2.45, 2.75) is 0 Å². The maximum Gasteiger partial charge on any atom is 0.343 e. The van der Waals surface area contributed by atoms with E-state index in [1.54, 1.807) is 30.3 Å². The lowest BCUT2D eigenvalue weighted by molar-refractivity contribution is 0.0696. The standard InChI is InChI=1S/C15H10O6/c16-13(17)9-6-10(14(18)19)8-11(7-9)15(20)21-12-4-2-1-3-5-12/h1-8H,(H,16,17)(H,18,19). The van der Waals surface area contributed by atoms with Crippen LogP contribution < -0.4 is 4.74 Å². The van der Waals surface area contributed by atoms with E-state index in [1.807, 2.05) is 0 Å². The van der Waals surface area contributed by atoms with E-state index < -0.39 is 17.9 Å². The summed E-state index contributed by atoms with van der Waals surface area (Å²) in [5.74, 6) is -3.20. The highest BCUT2D eigenvalue weighted by Gasteiger charge is 2.16. The summed E-state index contributed by atoms with van der Waals surface area (Å²) in [6.07, 6.45) is 0. The molecule has 0 saturated heterocycles. The summed E-state index contributed by atoms with van der Waals surface area (Å²) in [7, 11) is 0. The molecule has 2 aromatic carbocycles. The fraction of sp³-hybridized carbons (Fsp3) is 0. The number of hydrogen-bond donors (Lipinski definition) is 2. The van der Waals surface area contributed by atoms with Crippen molar-refractivity contribution in [3.05, 3.63) is 65.2 Å². The van der Waals surface area contributed by atoms with Crippen LogP contribution in [0.1, 0.15) is 31.1 Å². The molecule has 0 aliphatic carbocycles. The predicted molar refractivity (Wildman–Crippen MR) is 71.8 cm³/mol. The molecule has 0 amide bonds. The number of aromatic carboxylic acids is 2. The van der Waals surface area contributed by atoms with E-state index in [9.17, 15) is 14.4 Å². The molecule has 21 heavy (non-hydrogen) atoms. The predicted octanol–water partition coefficient (Wildman–Crippen LogP) is 2.30. The quantitative estimate of drug-likeness (QED) is 0.660. The molecule has 0 saturated carbocycles. The van der Waals surface area contributed by atoms with Gasteiger partial charge in [0, 0.05) is 0 Å². The molecule has 0 bridgehead atoms. The molecule has 6 nitrogen and oxygen atoms in total. The molecule has 0 atom stereocenters. The van der Waals surface area contributed by atoms with Crippen LogP contribution in [0.25, 0.3) is 0 Å². The topological polar surface area (TPSA) is 101 Å². The van der Waals surface area contributed by atoms with Gasteiger partial charge < -0.3 is 14.9 Å². The van der Waals surface area contributed by atoms with Crippen LogP contribution in [-0.4, -0.2) is 28.1 Å². The Balaban J connectivity index is 2.36. The van der Waals surface area contributed by atoms with Gasteiger partial charge in [-0.2, -0.15) is 0 Å². The zero-order chi connectivity index (χ0) is 15.4. The minimum absolute atomic E-state index is 0.142. The molecule has 0 aromatic heterocycles. The van der Waals surface area contributed by atoms with Gasteiger partial charge in [0.2, 0.25) is 0 Å². The molecule has 2 aromatic rings. The first-order chi connectivity index (χ1) is 9.97. The summed E-state index contributed by atoms with van der Waals surface area (Å²) in [5, 5.41) is 17.9. The van der Waals surface area contributed by atoms with Crippen molar-refractivity contribution in [2.24, 2.45) is 0 Å². The maximum absolute atomic E-state index is 12.0. The number of para-hydroxylation sites is 1. The smallest absolute Gasteiger partial charge is 0.343 e. The number of carboxylic acid groups (broad SMARTS) is 2. The Kier molecular flexibility index (Phi) is 3.99. The molecule has 2 N–H and O–H groups in total. The Morgan fingerprint density at radius 2 is 1.24 bits per heavy atom. The van der Waals surface area contributed by atoms with Gasteiger partial charge in [0.1, 0.15) is 5.75 Å². The summed E-state index contributed by atoms with van der Waals surface area (Å²) in [5.41, 5.74) is -0.735. The fourth-order valence-electron chi connectivity index (χ4n) is 1.65. The molecular weight excluding hydrogens is 276 g/mol. The van der Waals surface area contributed by atoms with Gasteiger partial charge in [0.25, 0.3) is 0 Å². The maximum atomic E-state index is 12.0. The van der Waals surface area contributed by atoms with Crippen molar-refractivity contribution in [1.29, 1.82) is 0 Å². The van der Waals surface area contributed by atoms with Crippen LogP contribution in [0.4, 0.5) is 0 Å². The Morgan fingerprint density at radius 3 is 1.71 bits per heavy atom. The number of esters is 1. The first-order valence-electron chi connectivity index (χ1n) is 5.86. The van der Waals surface area contributed by atoms with Crippen molar-refractivity contribution in [1.82, 2.24) is 0 Å². The van der Waals surface area contributed by atoms with Crippen molar-refractivity contribution in [3.63, 3.8) is 0 Å². The van der Waals surface area contributed by atoms with E-state index in [0.29, 0.717) is 0 Å². The van der Waals surface area contributed by atoms with E-state index in [1.165, 1.54) is 0 Å². The van der Waals surface area contributed by atoms with Gasteiger partial charge in [-0.15, -0.1) is 0 Å². The lowest BCUT2D eigenvalue weighted by Crippen LogP contribution is -2.12. The van der Waals surface area contributed by atoms with Crippen LogP contribution in [0.15, 0.2) is 48.5 Å². The van der Waals surface area contributed by atoms with E-state index in [-0.39, 0.29) is 22.4 Å². The SMILES string of the molecule is O=C(O)c1cc(C(=O)O)cc(C(=O)Oc2ccccc2)c1. The Hall–Kier alpha value is -3.15. The van der Waals surface area contributed by atoms with Crippen LogP contribution >= 0.6 is 0 Å². The minimum Gasteiger partial charge on any atom is -0.478 e. The summed E-state index contributed by atoms with van der Waals surface area (Å²) in [6, 6.07) is 11.3. The van der Waals surface area contributed by atoms with Gasteiger partial charge in [-0.05, 0) is 30.3 Å². The van der Waals surface area contributed by atoms with Gasteiger partial charge in [0.15, 0.2) is 0 Å². The number of hydrogen-bond acceptors (Lipinski definition) is 4. The number of carbonyl (C=O) groups excluding carboxylic acids is 1. The Bertz CT molecular complexity index is 673. The van der Waals surface area contributed by atoms with E-state index in [4.69, 9.17) is 14.9 Å². The van der Waals surface area contributed by atoms with Gasteiger partial charge >= 0.3 is 17.9 Å². The zero-order valence-corrected chi connectivity index (χ0v) is 10.6. The number of carbonyl (C=O) groups is 3. The second kappa shape index (κ2) is 5.87. The second-order valence-corrected chi connectivity index (χ2v) is 4.11. The van der Waals surface area contributed by atoms with Crippen LogP contribution in [0.3, 0.4) is 0 Å². The number of rotatable bonds is 4. The van der Waals surface area contributed by atoms with E-state index in [2.05, 4.69) is 0 Å². The Labute approximate surface area is 119 Å². The zero-order valence-electron chi connectivity index (χ0n) is 10.6. The van der Waals surface area contributed by atoms with Gasteiger partial charge in [-0.1, -0.05) is 18.2 Å². The molecular formula is C15H10O6. The average molecular weight is 286 g/mol. The third-order valence-electron chi connectivity index (χ3n) is 2.62. The normalized spacial score (nSPS) is 9.90. The summed E-state index contributed by atoms with van der Waals surface area (Å²) in [4.78, 5) is 33.9. The molecule has 0 unspecified atom stereocenters.